The molecule has 144 valence electrons. The second-order valence-electron chi connectivity index (χ2n) is 7.60. The molecule has 0 saturated carbocycles. The lowest BCUT2D eigenvalue weighted by molar-refractivity contribution is 0.198. The van der Waals surface area contributed by atoms with E-state index >= 15 is 0 Å². The molecule has 0 amide bonds. The molecule has 6 nitrogen and oxygen atoms in total. The number of rotatable bonds is 6. The number of nitrogens with zero attached hydrogens (tertiary/aromatic N) is 4. The smallest absolute Gasteiger partial charge is 0.180 e. The summed E-state index contributed by atoms with van der Waals surface area (Å²) < 4.78 is 15.4. The summed E-state index contributed by atoms with van der Waals surface area (Å²) in [6.45, 7) is 9.43. The Morgan fingerprint density at radius 3 is 2.96 bits per heavy atom. The van der Waals surface area contributed by atoms with Crippen LogP contribution >= 0.6 is 11.5 Å². The lowest BCUT2D eigenvalue weighted by Gasteiger charge is -2.32. The number of piperidine rings is 1. The van der Waals surface area contributed by atoms with Crippen LogP contribution in [0.4, 0.5) is 0 Å². The Kier molecular flexibility index (Phi) is 5.41. The molecule has 0 bridgehead atoms. The molecule has 0 radical (unpaired) electrons. The van der Waals surface area contributed by atoms with Crippen LogP contribution < -0.4 is 0 Å². The fourth-order valence-corrected chi connectivity index (χ4v) is 4.52. The number of hydrogen-bond donors (Lipinski definition) is 0. The van der Waals surface area contributed by atoms with Gasteiger partial charge in [-0.05, 0) is 69.9 Å². The molecule has 7 heteroatoms. The van der Waals surface area contributed by atoms with Crippen molar-refractivity contribution in [2.75, 3.05) is 19.6 Å². The normalized spacial score (nSPS) is 19.4. The van der Waals surface area contributed by atoms with Gasteiger partial charge in [-0.25, -0.2) is 0 Å². The summed E-state index contributed by atoms with van der Waals surface area (Å²) in [6, 6.07) is 6.11. The van der Waals surface area contributed by atoms with Crippen molar-refractivity contribution in [3.8, 4) is 10.6 Å². The monoisotopic (exact) mass is 386 g/mol. The molecule has 1 aliphatic rings. The molecule has 1 fully saturated rings. The lowest BCUT2D eigenvalue weighted by Crippen LogP contribution is -2.35. The summed E-state index contributed by atoms with van der Waals surface area (Å²) in [5, 5.41) is 8.45. The summed E-state index contributed by atoms with van der Waals surface area (Å²) in [4.78, 5) is 3.58. The molecule has 4 rings (SSSR count). The highest BCUT2D eigenvalue weighted by molar-refractivity contribution is 7.09. The van der Waals surface area contributed by atoms with Gasteiger partial charge in [0.2, 0.25) is 0 Å². The second-order valence-corrected chi connectivity index (χ2v) is 8.35. The maximum absolute atomic E-state index is 5.78. The van der Waals surface area contributed by atoms with E-state index in [-0.39, 0.29) is 0 Å². The molecule has 2 atom stereocenters. The van der Waals surface area contributed by atoms with Crippen LogP contribution in [-0.2, 0) is 0 Å². The maximum atomic E-state index is 5.78. The predicted octanol–water partition coefficient (Wildman–Crippen LogP) is 4.78. The first-order valence-corrected chi connectivity index (χ1v) is 10.4. The van der Waals surface area contributed by atoms with Gasteiger partial charge in [-0.1, -0.05) is 16.6 Å². The quantitative estimate of drug-likeness (QED) is 0.607. The second kappa shape index (κ2) is 7.94. The molecule has 0 aromatic carbocycles. The lowest BCUT2D eigenvalue weighted by atomic mass is 9.93. The Morgan fingerprint density at radius 1 is 1.33 bits per heavy atom. The van der Waals surface area contributed by atoms with Crippen molar-refractivity contribution in [1.29, 1.82) is 0 Å². The van der Waals surface area contributed by atoms with Crippen LogP contribution in [0.3, 0.4) is 0 Å². The number of hydrogen-bond acceptors (Lipinski definition) is 7. The summed E-state index contributed by atoms with van der Waals surface area (Å²) in [7, 11) is 0. The highest BCUT2D eigenvalue weighted by Gasteiger charge is 2.28. The number of likely N-dealkylation sites (tertiary alicyclic amines) is 1. The van der Waals surface area contributed by atoms with E-state index in [0.717, 1.165) is 66.0 Å². The topological polar surface area (TPSA) is 68.2 Å². The van der Waals surface area contributed by atoms with Crippen LogP contribution in [0.1, 0.15) is 60.9 Å². The minimum Gasteiger partial charge on any atom is -0.466 e. The maximum Gasteiger partial charge on any atom is 0.180 e. The molecule has 0 aliphatic carbocycles. The summed E-state index contributed by atoms with van der Waals surface area (Å²) in [5.41, 5.74) is 1.95. The van der Waals surface area contributed by atoms with Crippen molar-refractivity contribution in [3.05, 3.63) is 41.1 Å². The molecule has 0 N–H and O–H groups in total. The van der Waals surface area contributed by atoms with Gasteiger partial charge in [-0.3, -0.25) is 0 Å². The first kappa shape index (κ1) is 18.4. The van der Waals surface area contributed by atoms with E-state index in [1.165, 1.54) is 18.0 Å². The SMILES string of the molecule is Cc1cc(-c2snnc2[C@@H]2CCCN(CC[C@@H](C)c3ccc(C)o3)C2)on1. The molecule has 1 saturated heterocycles. The van der Waals surface area contributed by atoms with Gasteiger partial charge >= 0.3 is 0 Å². The van der Waals surface area contributed by atoms with Crippen LogP contribution in [0.15, 0.2) is 27.1 Å². The van der Waals surface area contributed by atoms with Crippen LogP contribution in [0.25, 0.3) is 10.6 Å². The predicted molar refractivity (Wildman–Crippen MR) is 105 cm³/mol. The summed E-state index contributed by atoms with van der Waals surface area (Å²) in [6.07, 6.45) is 3.43. The van der Waals surface area contributed by atoms with Gasteiger partial charge in [-0.2, -0.15) is 0 Å². The van der Waals surface area contributed by atoms with E-state index in [9.17, 15) is 0 Å². The van der Waals surface area contributed by atoms with Crippen LogP contribution in [-0.4, -0.2) is 39.3 Å². The van der Waals surface area contributed by atoms with Gasteiger partial charge in [0.25, 0.3) is 0 Å². The standard InChI is InChI=1S/C20H26N4O2S/c1-13(17-7-6-15(3)25-17)8-10-24-9-4-5-16(12-24)19-20(27-23-21-19)18-11-14(2)22-26-18/h6-7,11,13,16H,4-5,8-10,12H2,1-3H3/t13-,16-/m1/s1. The fourth-order valence-electron chi connectivity index (χ4n) is 3.82. The van der Waals surface area contributed by atoms with E-state index in [0.29, 0.717) is 11.8 Å². The van der Waals surface area contributed by atoms with E-state index in [1.54, 1.807) is 0 Å². The molecular formula is C20H26N4O2S. The number of aryl methyl sites for hydroxylation is 2. The average molecular weight is 387 g/mol. The Balaban J connectivity index is 1.39. The number of furan rings is 1. The van der Waals surface area contributed by atoms with Crippen molar-refractivity contribution in [3.63, 3.8) is 0 Å². The van der Waals surface area contributed by atoms with Gasteiger partial charge in [0.15, 0.2) is 5.76 Å². The molecule has 27 heavy (non-hydrogen) atoms. The Morgan fingerprint density at radius 2 is 2.22 bits per heavy atom. The zero-order valence-electron chi connectivity index (χ0n) is 16.1. The van der Waals surface area contributed by atoms with Crippen LogP contribution in [0.5, 0.6) is 0 Å². The van der Waals surface area contributed by atoms with Gasteiger partial charge in [0, 0.05) is 24.4 Å². The van der Waals surface area contributed by atoms with Gasteiger partial charge in [0.05, 0.1) is 11.4 Å². The Hall–Kier alpha value is -1.99. The van der Waals surface area contributed by atoms with Crippen LogP contribution in [0, 0.1) is 13.8 Å². The highest BCUT2D eigenvalue weighted by atomic mass is 32.1. The van der Waals surface area contributed by atoms with E-state index < -0.39 is 0 Å². The molecule has 3 aromatic heterocycles. The summed E-state index contributed by atoms with van der Waals surface area (Å²) in [5.74, 6) is 3.71. The Bertz CT molecular complexity index is 884. The van der Waals surface area contributed by atoms with E-state index in [4.69, 9.17) is 8.94 Å². The van der Waals surface area contributed by atoms with Crippen molar-refractivity contribution in [2.24, 2.45) is 0 Å². The van der Waals surface area contributed by atoms with Crippen molar-refractivity contribution >= 4 is 11.5 Å². The van der Waals surface area contributed by atoms with E-state index in [2.05, 4.69) is 32.6 Å². The zero-order valence-corrected chi connectivity index (χ0v) is 17.0. The minimum atomic E-state index is 0.402. The van der Waals surface area contributed by atoms with Crippen molar-refractivity contribution in [1.82, 2.24) is 19.6 Å². The molecular weight excluding hydrogens is 360 g/mol. The molecule has 0 unspecified atom stereocenters. The molecule has 4 heterocycles. The van der Waals surface area contributed by atoms with E-state index in [1.807, 2.05) is 26.0 Å². The highest BCUT2D eigenvalue weighted by Crippen LogP contribution is 2.35. The minimum absolute atomic E-state index is 0.402. The van der Waals surface area contributed by atoms with Gasteiger partial charge in [0.1, 0.15) is 16.4 Å². The molecule has 1 aliphatic heterocycles. The first-order chi connectivity index (χ1) is 13.1. The third kappa shape index (κ3) is 4.14. The van der Waals surface area contributed by atoms with Crippen molar-refractivity contribution in [2.45, 2.75) is 51.9 Å². The van der Waals surface area contributed by atoms with Gasteiger partial charge < -0.3 is 13.8 Å². The third-order valence-electron chi connectivity index (χ3n) is 5.38. The number of aromatic nitrogens is 3. The molecule has 3 aromatic rings. The largest absolute Gasteiger partial charge is 0.466 e. The third-order valence-corrected chi connectivity index (χ3v) is 6.14. The zero-order chi connectivity index (χ0) is 18.8. The van der Waals surface area contributed by atoms with Crippen molar-refractivity contribution < 1.29 is 8.94 Å². The first-order valence-electron chi connectivity index (χ1n) is 9.65. The average Bonchev–Trinajstić information content (AvgIpc) is 3.40. The van der Waals surface area contributed by atoms with Crippen LogP contribution in [0.2, 0.25) is 0 Å². The fraction of sp³-hybridized carbons (Fsp3) is 0.550. The Labute approximate surface area is 163 Å². The summed E-state index contributed by atoms with van der Waals surface area (Å²) >= 11 is 1.40. The van der Waals surface area contributed by atoms with Gasteiger partial charge in [-0.15, -0.1) is 5.10 Å². The molecule has 0 spiro atoms.